The molecule has 2 fully saturated rings. The standard InChI is InChI=1S/C29H35FN2O8/c1-17(2)40-21-7-6-18(14-20(21)30)26(33)24-25(19-15-22(36-3)28(38-5)23(16-19)37-4)32(29(35)27(24)34)9-8-31-10-12-39-13-11-31/h6-7,14-17,25,33H,8-13H2,1-5H3/t25-/m0/s1. The molecule has 1 atom stereocenters. The molecule has 4 rings (SSSR count). The molecular formula is C29H35FN2O8. The van der Waals surface area contributed by atoms with E-state index in [9.17, 15) is 19.1 Å². The molecule has 11 heteroatoms. The number of halogens is 1. The number of rotatable bonds is 10. The van der Waals surface area contributed by atoms with Gasteiger partial charge in [0, 0.05) is 31.7 Å². The molecule has 40 heavy (non-hydrogen) atoms. The molecule has 0 unspecified atom stereocenters. The number of hydrogen-bond donors (Lipinski definition) is 1. The zero-order valence-electron chi connectivity index (χ0n) is 23.4. The van der Waals surface area contributed by atoms with Crippen LogP contribution in [-0.4, -0.2) is 93.4 Å². The van der Waals surface area contributed by atoms with E-state index in [1.165, 1.54) is 38.4 Å². The van der Waals surface area contributed by atoms with Crippen molar-refractivity contribution in [2.45, 2.75) is 26.0 Å². The lowest BCUT2D eigenvalue weighted by atomic mass is 9.94. The summed E-state index contributed by atoms with van der Waals surface area (Å²) in [6.45, 7) is 6.79. The Morgan fingerprint density at radius 2 is 1.65 bits per heavy atom. The van der Waals surface area contributed by atoms with Crippen molar-refractivity contribution in [3.05, 3.63) is 52.8 Å². The second-order valence-corrected chi connectivity index (χ2v) is 9.72. The molecule has 2 aromatic rings. The summed E-state index contributed by atoms with van der Waals surface area (Å²) in [6.07, 6.45) is -0.259. The van der Waals surface area contributed by atoms with E-state index in [2.05, 4.69) is 4.90 Å². The molecule has 0 aliphatic carbocycles. The van der Waals surface area contributed by atoms with Crippen molar-refractivity contribution in [2.24, 2.45) is 0 Å². The number of ether oxygens (including phenoxy) is 5. The second-order valence-electron chi connectivity index (χ2n) is 9.72. The van der Waals surface area contributed by atoms with Crippen LogP contribution in [0.15, 0.2) is 35.9 Å². The minimum absolute atomic E-state index is 0.0127. The summed E-state index contributed by atoms with van der Waals surface area (Å²) in [6, 6.07) is 6.18. The summed E-state index contributed by atoms with van der Waals surface area (Å²) in [5.41, 5.74) is 0.327. The maximum Gasteiger partial charge on any atom is 0.295 e. The fourth-order valence-corrected chi connectivity index (χ4v) is 4.94. The van der Waals surface area contributed by atoms with Gasteiger partial charge in [0.1, 0.15) is 5.76 Å². The number of aliphatic hydroxyl groups is 1. The molecule has 1 N–H and O–H groups in total. The van der Waals surface area contributed by atoms with Crippen molar-refractivity contribution in [1.82, 2.24) is 9.80 Å². The van der Waals surface area contributed by atoms with Crippen LogP contribution in [0, 0.1) is 5.82 Å². The monoisotopic (exact) mass is 558 g/mol. The number of Topliss-reactive ketones (excluding diaryl/α,β-unsaturated/α-hetero) is 1. The highest BCUT2D eigenvalue weighted by Crippen LogP contribution is 2.45. The van der Waals surface area contributed by atoms with Gasteiger partial charge in [0.2, 0.25) is 5.75 Å². The van der Waals surface area contributed by atoms with E-state index in [-0.39, 0.29) is 29.5 Å². The Hall–Kier alpha value is -3.83. The Morgan fingerprint density at radius 3 is 2.20 bits per heavy atom. The minimum Gasteiger partial charge on any atom is -0.507 e. The Kier molecular flexibility index (Phi) is 9.16. The Morgan fingerprint density at radius 1 is 1.00 bits per heavy atom. The maximum atomic E-state index is 14.9. The number of aliphatic hydroxyl groups excluding tert-OH is 1. The van der Waals surface area contributed by atoms with Crippen LogP contribution in [-0.2, 0) is 14.3 Å². The number of nitrogens with zero attached hydrogens (tertiary/aromatic N) is 2. The number of amides is 1. The van der Waals surface area contributed by atoms with Gasteiger partial charge in [-0.15, -0.1) is 0 Å². The third-order valence-electron chi connectivity index (χ3n) is 6.87. The molecule has 2 aromatic carbocycles. The van der Waals surface area contributed by atoms with E-state index in [1.54, 1.807) is 26.0 Å². The summed E-state index contributed by atoms with van der Waals surface area (Å²) in [7, 11) is 4.38. The lowest BCUT2D eigenvalue weighted by Gasteiger charge is -2.31. The first-order valence-corrected chi connectivity index (χ1v) is 13.0. The SMILES string of the molecule is COc1cc([C@H]2C(=C(O)c3ccc(OC(C)C)c(F)c3)C(=O)C(=O)N2CCN2CCOCC2)cc(OC)c1OC. The predicted octanol–water partition coefficient (Wildman–Crippen LogP) is 3.39. The summed E-state index contributed by atoms with van der Waals surface area (Å²) in [4.78, 5) is 30.4. The van der Waals surface area contributed by atoms with E-state index in [1.807, 2.05) is 0 Å². The molecule has 2 saturated heterocycles. The van der Waals surface area contributed by atoms with E-state index >= 15 is 0 Å². The lowest BCUT2D eigenvalue weighted by Crippen LogP contribution is -2.42. The minimum atomic E-state index is -0.996. The number of ketones is 1. The van der Waals surface area contributed by atoms with Gasteiger partial charge in [0.15, 0.2) is 23.1 Å². The third kappa shape index (κ3) is 5.85. The van der Waals surface area contributed by atoms with E-state index < -0.39 is 29.3 Å². The van der Waals surface area contributed by atoms with Crippen LogP contribution < -0.4 is 18.9 Å². The van der Waals surface area contributed by atoms with E-state index in [4.69, 9.17) is 23.7 Å². The molecule has 0 saturated carbocycles. The molecule has 0 spiro atoms. The van der Waals surface area contributed by atoms with Crippen LogP contribution in [0.1, 0.15) is 31.0 Å². The van der Waals surface area contributed by atoms with E-state index in [0.29, 0.717) is 55.7 Å². The van der Waals surface area contributed by atoms with Gasteiger partial charge in [0.05, 0.1) is 52.3 Å². The normalized spacial score (nSPS) is 19.3. The third-order valence-corrected chi connectivity index (χ3v) is 6.87. The molecule has 2 aliphatic heterocycles. The van der Waals surface area contributed by atoms with Gasteiger partial charge in [0.25, 0.3) is 11.7 Å². The topological polar surface area (TPSA) is 107 Å². The average Bonchev–Trinajstić information content (AvgIpc) is 3.21. The van der Waals surface area contributed by atoms with Gasteiger partial charge in [-0.2, -0.15) is 0 Å². The van der Waals surface area contributed by atoms with Gasteiger partial charge in [-0.3, -0.25) is 14.5 Å². The first-order valence-electron chi connectivity index (χ1n) is 13.0. The molecular weight excluding hydrogens is 523 g/mol. The van der Waals surface area contributed by atoms with Crippen molar-refractivity contribution in [3.8, 4) is 23.0 Å². The fourth-order valence-electron chi connectivity index (χ4n) is 4.94. The number of carbonyl (C=O) groups is 2. The fraction of sp³-hybridized carbons (Fsp3) is 0.448. The number of methoxy groups -OCH3 is 3. The van der Waals surface area contributed by atoms with Crippen molar-refractivity contribution < 1.29 is 42.8 Å². The quantitative estimate of drug-likeness (QED) is 0.267. The molecule has 0 bridgehead atoms. The van der Waals surface area contributed by atoms with Gasteiger partial charge >= 0.3 is 0 Å². The van der Waals surface area contributed by atoms with Crippen molar-refractivity contribution in [3.63, 3.8) is 0 Å². The van der Waals surface area contributed by atoms with E-state index in [0.717, 1.165) is 6.07 Å². The zero-order chi connectivity index (χ0) is 29.0. The maximum absolute atomic E-state index is 14.9. The van der Waals surface area contributed by atoms with Gasteiger partial charge in [-0.05, 0) is 49.7 Å². The number of carbonyl (C=O) groups excluding carboxylic acids is 2. The zero-order valence-corrected chi connectivity index (χ0v) is 23.4. The number of benzene rings is 2. The summed E-state index contributed by atoms with van der Waals surface area (Å²) in [5.74, 6) is -1.87. The van der Waals surface area contributed by atoms with Crippen LogP contribution in [0.2, 0.25) is 0 Å². The Bertz CT molecular complexity index is 1260. The smallest absolute Gasteiger partial charge is 0.295 e. The molecule has 1 amide bonds. The Labute approximate surface area is 232 Å². The Balaban J connectivity index is 1.83. The largest absolute Gasteiger partial charge is 0.507 e. The molecule has 2 heterocycles. The lowest BCUT2D eigenvalue weighted by molar-refractivity contribution is -0.140. The molecule has 0 radical (unpaired) electrons. The predicted molar refractivity (Wildman–Crippen MR) is 145 cm³/mol. The highest BCUT2D eigenvalue weighted by molar-refractivity contribution is 6.46. The second kappa shape index (κ2) is 12.6. The van der Waals surface area contributed by atoms with Crippen molar-refractivity contribution in [2.75, 3.05) is 60.7 Å². The van der Waals surface area contributed by atoms with Gasteiger partial charge in [-0.1, -0.05) is 0 Å². The van der Waals surface area contributed by atoms with Crippen molar-refractivity contribution in [1.29, 1.82) is 0 Å². The van der Waals surface area contributed by atoms with Crippen LogP contribution >= 0.6 is 0 Å². The van der Waals surface area contributed by atoms with Crippen molar-refractivity contribution >= 4 is 17.4 Å². The van der Waals surface area contributed by atoms with Crippen LogP contribution in [0.4, 0.5) is 4.39 Å². The summed E-state index contributed by atoms with van der Waals surface area (Å²) >= 11 is 0. The highest BCUT2D eigenvalue weighted by atomic mass is 19.1. The number of likely N-dealkylation sites (tertiary alicyclic amines) is 1. The van der Waals surface area contributed by atoms with Crippen LogP contribution in [0.3, 0.4) is 0 Å². The molecule has 10 nitrogen and oxygen atoms in total. The average molecular weight is 559 g/mol. The van der Waals surface area contributed by atoms with Gasteiger partial charge < -0.3 is 33.7 Å². The van der Waals surface area contributed by atoms with Crippen LogP contribution in [0.25, 0.3) is 5.76 Å². The summed E-state index contributed by atoms with van der Waals surface area (Å²) in [5, 5.41) is 11.4. The first-order chi connectivity index (χ1) is 19.2. The highest BCUT2D eigenvalue weighted by Gasteiger charge is 2.46. The number of hydrogen-bond acceptors (Lipinski definition) is 9. The molecule has 2 aliphatic rings. The van der Waals surface area contributed by atoms with Gasteiger partial charge in [-0.25, -0.2) is 4.39 Å². The molecule has 216 valence electrons. The summed E-state index contributed by atoms with van der Waals surface area (Å²) < 4.78 is 42.2. The number of morpholine rings is 1. The van der Waals surface area contributed by atoms with Crippen LogP contribution in [0.5, 0.6) is 23.0 Å². The molecule has 0 aromatic heterocycles. The first kappa shape index (κ1) is 29.2.